The van der Waals surface area contributed by atoms with Crippen LogP contribution < -0.4 is 9.30 Å². The minimum atomic E-state index is -0.273. The number of hydrogen-bond donors (Lipinski definition) is 0. The Morgan fingerprint density at radius 2 is 1.87 bits per heavy atom. The first-order valence-corrected chi connectivity index (χ1v) is 10.6. The van der Waals surface area contributed by atoms with Gasteiger partial charge in [0.15, 0.2) is 12.4 Å². The third-order valence-corrected chi connectivity index (χ3v) is 5.19. The molecule has 5 heteroatoms. The second-order valence-corrected chi connectivity index (χ2v) is 7.61. The first-order valence-electron chi connectivity index (χ1n) is 10.6. The summed E-state index contributed by atoms with van der Waals surface area (Å²) in [6.07, 6.45) is 7.51. The molecule has 0 N–H and O–H groups in total. The van der Waals surface area contributed by atoms with Crippen molar-refractivity contribution in [2.45, 2.75) is 26.0 Å². The van der Waals surface area contributed by atoms with Gasteiger partial charge in [-0.25, -0.2) is 9.36 Å². The Morgan fingerprint density at radius 1 is 1.00 bits per heavy atom. The molecule has 0 radical (unpaired) electrons. The SMILES string of the molecule is C[n+]1cccc(C(=O)OCCCCn2ccc3cc(OCc4ccccc4)ccc32)c1. The molecule has 0 unspecified atom stereocenters. The summed E-state index contributed by atoms with van der Waals surface area (Å²) in [6.45, 7) is 1.87. The van der Waals surface area contributed by atoms with Crippen LogP contribution >= 0.6 is 0 Å². The number of carbonyl (C=O) groups is 1. The van der Waals surface area contributed by atoms with Crippen molar-refractivity contribution in [3.63, 3.8) is 0 Å². The van der Waals surface area contributed by atoms with Crippen LogP contribution in [0, 0.1) is 0 Å². The predicted molar refractivity (Wildman–Crippen MR) is 120 cm³/mol. The van der Waals surface area contributed by atoms with Crippen molar-refractivity contribution in [1.82, 2.24) is 4.57 Å². The summed E-state index contributed by atoms with van der Waals surface area (Å²) in [4.78, 5) is 12.1. The van der Waals surface area contributed by atoms with Crippen molar-refractivity contribution in [3.05, 3.63) is 96.4 Å². The molecule has 31 heavy (non-hydrogen) atoms. The Labute approximate surface area is 182 Å². The molecule has 0 fully saturated rings. The Bertz CT molecular complexity index is 1150. The average molecular weight is 416 g/mol. The van der Waals surface area contributed by atoms with Crippen molar-refractivity contribution >= 4 is 16.9 Å². The van der Waals surface area contributed by atoms with Gasteiger partial charge in [0, 0.05) is 29.7 Å². The van der Waals surface area contributed by atoms with Gasteiger partial charge in [-0.15, -0.1) is 0 Å². The Balaban J connectivity index is 1.25. The van der Waals surface area contributed by atoms with Gasteiger partial charge >= 0.3 is 5.97 Å². The fraction of sp³-hybridized carbons (Fsp3) is 0.231. The Morgan fingerprint density at radius 3 is 2.71 bits per heavy atom. The van der Waals surface area contributed by atoms with Crippen molar-refractivity contribution in [2.75, 3.05) is 6.61 Å². The number of carbonyl (C=O) groups excluding carboxylic acids is 1. The number of pyridine rings is 1. The molecule has 0 bridgehead atoms. The summed E-state index contributed by atoms with van der Waals surface area (Å²) in [5.74, 6) is 0.598. The van der Waals surface area contributed by atoms with Crippen molar-refractivity contribution in [3.8, 4) is 5.75 Å². The van der Waals surface area contributed by atoms with E-state index in [1.54, 1.807) is 12.3 Å². The zero-order valence-electron chi connectivity index (χ0n) is 17.7. The van der Waals surface area contributed by atoms with Gasteiger partial charge in [0.2, 0.25) is 0 Å². The van der Waals surface area contributed by atoms with Crippen LogP contribution in [0.4, 0.5) is 0 Å². The van der Waals surface area contributed by atoms with E-state index in [0.717, 1.165) is 36.1 Å². The average Bonchev–Trinajstić information content (AvgIpc) is 3.20. The smallest absolute Gasteiger partial charge is 0.344 e. The number of aryl methyl sites for hydroxylation is 2. The minimum absolute atomic E-state index is 0.273. The van der Waals surface area contributed by atoms with Crippen LogP contribution in [0.5, 0.6) is 5.75 Å². The topological polar surface area (TPSA) is 44.3 Å². The van der Waals surface area contributed by atoms with Crippen LogP contribution in [0.15, 0.2) is 85.3 Å². The van der Waals surface area contributed by atoms with E-state index in [2.05, 4.69) is 41.1 Å². The van der Waals surface area contributed by atoms with Crippen LogP contribution in [-0.4, -0.2) is 17.1 Å². The molecule has 4 aromatic rings. The van der Waals surface area contributed by atoms with E-state index in [1.807, 2.05) is 48.1 Å². The zero-order valence-corrected chi connectivity index (χ0v) is 17.7. The molecule has 0 saturated heterocycles. The number of hydrogen-bond acceptors (Lipinski definition) is 3. The molecule has 158 valence electrons. The molecule has 2 aromatic heterocycles. The van der Waals surface area contributed by atoms with Crippen molar-refractivity contribution in [1.29, 1.82) is 0 Å². The Hall–Kier alpha value is -3.60. The van der Waals surface area contributed by atoms with Gasteiger partial charge in [-0.05, 0) is 48.7 Å². The summed E-state index contributed by atoms with van der Waals surface area (Å²) < 4.78 is 15.4. The van der Waals surface area contributed by atoms with E-state index >= 15 is 0 Å². The lowest BCUT2D eigenvalue weighted by atomic mass is 10.2. The molecule has 5 nitrogen and oxygen atoms in total. The second kappa shape index (κ2) is 9.94. The zero-order chi connectivity index (χ0) is 21.5. The molecule has 0 atom stereocenters. The molecule has 0 spiro atoms. The maximum Gasteiger partial charge on any atom is 0.344 e. The van der Waals surface area contributed by atoms with E-state index in [4.69, 9.17) is 9.47 Å². The number of ether oxygens (including phenoxy) is 2. The molecule has 2 heterocycles. The van der Waals surface area contributed by atoms with Gasteiger partial charge in [-0.1, -0.05) is 30.3 Å². The van der Waals surface area contributed by atoms with E-state index in [1.165, 1.54) is 5.52 Å². The normalized spacial score (nSPS) is 10.9. The summed E-state index contributed by atoms with van der Waals surface area (Å²) in [5.41, 5.74) is 2.91. The van der Waals surface area contributed by atoms with Gasteiger partial charge in [0.25, 0.3) is 0 Å². The lowest BCUT2D eigenvalue weighted by Crippen LogP contribution is -2.28. The van der Waals surface area contributed by atoms with E-state index in [9.17, 15) is 4.79 Å². The van der Waals surface area contributed by atoms with E-state index < -0.39 is 0 Å². The number of aromatic nitrogens is 2. The van der Waals surface area contributed by atoms with Crippen LogP contribution in [-0.2, 0) is 24.9 Å². The van der Waals surface area contributed by atoms with Crippen molar-refractivity contribution in [2.24, 2.45) is 7.05 Å². The van der Waals surface area contributed by atoms with E-state index in [-0.39, 0.29) is 5.97 Å². The molecular weight excluding hydrogens is 388 g/mol. The molecule has 2 aromatic carbocycles. The molecule has 4 rings (SSSR count). The standard InChI is InChI=1S/C26H27N2O3/c1-27-14-7-10-23(19-27)26(29)30-17-6-5-15-28-16-13-22-18-24(11-12-25(22)28)31-20-21-8-3-2-4-9-21/h2-4,7-14,16,18-19H,5-6,15,17,20H2,1H3/q+1. The highest BCUT2D eigenvalue weighted by Crippen LogP contribution is 2.23. The molecule has 0 saturated carbocycles. The summed E-state index contributed by atoms with van der Waals surface area (Å²) in [6, 6.07) is 22.1. The third-order valence-electron chi connectivity index (χ3n) is 5.19. The maximum absolute atomic E-state index is 12.1. The highest BCUT2D eigenvalue weighted by Gasteiger charge is 2.10. The summed E-state index contributed by atoms with van der Waals surface area (Å²) in [7, 11) is 1.89. The Kier molecular flexibility index (Phi) is 6.62. The third kappa shape index (κ3) is 5.51. The summed E-state index contributed by atoms with van der Waals surface area (Å²) >= 11 is 0. The molecular formula is C26H27N2O3+. The van der Waals surface area contributed by atoms with Crippen LogP contribution in [0.25, 0.3) is 10.9 Å². The number of nitrogens with zero attached hydrogens (tertiary/aromatic N) is 2. The van der Waals surface area contributed by atoms with Gasteiger partial charge in [-0.2, -0.15) is 0 Å². The molecule has 0 aliphatic rings. The van der Waals surface area contributed by atoms with Gasteiger partial charge in [0.05, 0.1) is 6.61 Å². The molecule has 0 aliphatic heterocycles. The number of fused-ring (bicyclic) bond motifs is 1. The number of benzene rings is 2. The quantitative estimate of drug-likeness (QED) is 0.226. The number of unbranched alkanes of at least 4 members (excludes halogenated alkanes) is 1. The summed E-state index contributed by atoms with van der Waals surface area (Å²) in [5, 5.41) is 1.16. The van der Waals surface area contributed by atoms with Gasteiger partial charge in [0.1, 0.15) is 25.0 Å². The minimum Gasteiger partial charge on any atom is -0.489 e. The number of rotatable bonds is 9. The lowest BCUT2D eigenvalue weighted by Gasteiger charge is -2.09. The van der Waals surface area contributed by atoms with Gasteiger partial charge in [-0.3, -0.25) is 0 Å². The molecule has 0 amide bonds. The largest absolute Gasteiger partial charge is 0.489 e. The van der Waals surface area contributed by atoms with Crippen LogP contribution in [0.3, 0.4) is 0 Å². The maximum atomic E-state index is 12.1. The fourth-order valence-corrected chi connectivity index (χ4v) is 3.54. The highest BCUT2D eigenvalue weighted by atomic mass is 16.5. The monoisotopic (exact) mass is 415 g/mol. The predicted octanol–water partition coefficient (Wildman–Crippen LogP) is 4.68. The van der Waals surface area contributed by atoms with Crippen molar-refractivity contribution < 1.29 is 18.8 Å². The second-order valence-electron chi connectivity index (χ2n) is 7.61. The highest BCUT2D eigenvalue weighted by molar-refractivity contribution is 5.88. The van der Waals surface area contributed by atoms with Crippen LogP contribution in [0.1, 0.15) is 28.8 Å². The first-order chi connectivity index (χ1) is 15.2. The van der Waals surface area contributed by atoms with E-state index in [0.29, 0.717) is 18.8 Å². The first kappa shape index (κ1) is 20.7. The van der Waals surface area contributed by atoms with Gasteiger partial charge < -0.3 is 14.0 Å². The van der Waals surface area contributed by atoms with Crippen LogP contribution in [0.2, 0.25) is 0 Å². The lowest BCUT2D eigenvalue weighted by molar-refractivity contribution is -0.671. The molecule has 0 aliphatic carbocycles. The fourth-order valence-electron chi connectivity index (χ4n) is 3.54. The number of esters is 1.